The second kappa shape index (κ2) is 5.78. The number of hydrogen-bond acceptors (Lipinski definition) is 3. The highest BCUT2D eigenvalue weighted by molar-refractivity contribution is 7.12. The molecule has 1 unspecified atom stereocenters. The van der Waals surface area contributed by atoms with E-state index in [-0.39, 0.29) is 6.04 Å². The summed E-state index contributed by atoms with van der Waals surface area (Å²) in [6, 6.07) is 23.4. The van der Waals surface area contributed by atoms with E-state index in [1.165, 1.54) is 10.4 Å². The molecule has 1 aromatic heterocycles. The number of rotatable bonds is 2. The Balaban J connectivity index is 1.80. The van der Waals surface area contributed by atoms with Crippen LogP contribution in [0.5, 0.6) is 0 Å². The zero-order valence-corrected chi connectivity index (χ0v) is 12.9. The number of nitrogens with zero attached hydrogens (tertiary/aromatic N) is 1. The fourth-order valence-electron chi connectivity index (χ4n) is 2.80. The Kier molecular flexibility index (Phi) is 3.49. The number of aliphatic imine (C=N–C) groups is 1. The predicted molar refractivity (Wildman–Crippen MR) is 94.4 cm³/mol. The van der Waals surface area contributed by atoms with Crippen molar-refractivity contribution in [3.8, 4) is 0 Å². The van der Waals surface area contributed by atoms with Crippen LogP contribution >= 0.6 is 11.3 Å². The topological polar surface area (TPSA) is 24.4 Å². The Morgan fingerprint density at radius 2 is 1.73 bits per heavy atom. The second-order valence-corrected chi connectivity index (χ2v) is 6.31. The molecule has 108 valence electrons. The van der Waals surface area contributed by atoms with Gasteiger partial charge in [-0.2, -0.15) is 0 Å². The van der Waals surface area contributed by atoms with E-state index in [2.05, 4.69) is 71.4 Å². The Labute approximate surface area is 134 Å². The van der Waals surface area contributed by atoms with Crippen LogP contribution in [-0.2, 0) is 0 Å². The van der Waals surface area contributed by atoms with E-state index < -0.39 is 0 Å². The summed E-state index contributed by atoms with van der Waals surface area (Å²) >= 11 is 1.75. The highest BCUT2D eigenvalue weighted by atomic mass is 32.1. The van der Waals surface area contributed by atoms with Crippen molar-refractivity contribution in [1.82, 2.24) is 0 Å². The van der Waals surface area contributed by atoms with Crippen LogP contribution in [0.2, 0.25) is 0 Å². The van der Waals surface area contributed by atoms with Crippen LogP contribution in [0.1, 0.15) is 22.9 Å². The van der Waals surface area contributed by atoms with Gasteiger partial charge in [0.15, 0.2) is 0 Å². The predicted octanol–water partition coefficient (Wildman–Crippen LogP) is 5.43. The van der Waals surface area contributed by atoms with Crippen molar-refractivity contribution in [1.29, 1.82) is 0 Å². The van der Waals surface area contributed by atoms with Crippen LogP contribution in [0.15, 0.2) is 77.1 Å². The van der Waals surface area contributed by atoms with Gasteiger partial charge in [0.05, 0.1) is 23.1 Å². The van der Waals surface area contributed by atoms with Gasteiger partial charge in [0.2, 0.25) is 0 Å². The Bertz CT molecular complexity index is 791. The van der Waals surface area contributed by atoms with Gasteiger partial charge in [0.1, 0.15) is 0 Å². The molecule has 1 atom stereocenters. The van der Waals surface area contributed by atoms with Gasteiger partial charge >= 0.3 is 0 Å². The largest absolute Gasteiger partial charge is 0.376 e. The van der Waals surface area contributed by atoms with Gasteiger partial charge < -0.3 is 5.32 Å². The zero-order valence-electron chi connectivity index (χ0n) is 12.1. The normalized spacial score (nSPS) is 17.1. The number of anilines is 1. The number of fused-ring (bicyclic) bond motifs is 1. The minimum atomic E-state index is 0.241. The number of thiophene rings is 1. The molecule has 4 rings (SSSR count). The standard InChI is InChI=1S/C19H16N2S/c1-2-7-14(8-3-1)17-13-18(19-11-6-12-22-19)21-16-10-5-4-9-15(16)20-17/h1-12,17,20H,13H2. The molecule has 3 aromatic rings. The van der Waals surface area contributed by atoms with Gasteiger partial charge in [-0.1, -0.05) is 48.5 Å². The summed E-state index contributed by atoms with van der Waals surface area (Å²) < 4.78 is 0. The summed E-state index contributed by atoms with van der Waals surface area (Å²) in [4.78, 5) is 6.17. The third-order valence-electron chi connectivity index (χ3n) is 3.89. The molecule has 1 aliphatic heterocycles. The van der Waals surface area contributed by atoms with Crippen LogP contribution < -0.4 is 5.32 Å². The first-order valence-electron chi connectivity index (χ1n) is 7.42. The lowest BCUT2D eigenvalue weighted by Gasteiger charge is -2.19. The Morgan fingerprint density at radius 1 is 0.909 bits per heavy atom. The number of nitrogens with one attached hydrogen (secondary N) is 1. The smallest absolute Gasteiger partial charge is 0.0865 e. The maximum Gasteiger partial charge on any atom is 0.0865 e. The maximum absolute atomic E-state index is 4.92. The monoisotopic (exact) mass is 304 g/mol. The van der Waals surface area contributed by atoms with Gasteiger partial charge in [-0.15, -0.1) is 11.3 Å². The molecule has 0 fully saturated rings. The van der Waals surface area contributed by atoms with Crippen molar-refractivity contribution in [3.63, 3.8) is 0 Å². The summed E-state index contributed by atoms with van der Waals surface area (Å²) in [6.07, 6.45) is 0.888. The van der Waals surface area contributed by atoms with Crippen molar-refractivity contribution in [3.05, 3.63) is 82.6 Å². The first kappa shape index (κ1) is 13.3. The van der Waals surface area contributed by atoms with E-state index in [1.54, 1.807) is 11.3 Å². The SMILES string of the molecule is c1ccc(C2CC(c3cccs3)=Nc3ccccc3N2)cc1. The van der Waals surface area contributed by atoms with Crippen molar-refractivity contribution in [2.75, 3.05) is 5.32 Å². The molecule has 0 bridgehead atoms. The van der Waals surface area contributed by atoms with Gasteiger partial charge in [-0.3, -0.25) is 0 Å². The summed E-state index contributed by atoms with van der Waals surface area (Å²) in [5.74, 6) is 0. The quantitative estimate of drug-likeness (QED) is 0.671. The van der Waals surface area contributed by atoms with Gasteiger partial charge in [-0.25, -0.2) is 4.99 Å². The van der Waals surface area contributed by atoms with E-state index >= 15 is 0 Å². The third-order valence-corrected chi connectivity index (χ3v) is 4.81. The van der Waals surface area contributed by atoms with Crippen molar-refractivity contribution >= 4 is 28.4 Å². The Hall–Kier alpha value is -2.39. The first-order chi connectivity index (χ1) is 10.9. The van der Waals surface area contributed by atoms with Gasteiger partial charge in [0, 0.05) is 11.3 Å². The van der Waals surface area contributed by atoms with Crippen molar-refractivity contribution < 1.29 is 0 Å². The van der Waals surface area contributed by atoms with Crippen LogP contribution in [0, 0.1) is 0 Å². The lowest BCUT2D eigenvalue weighted by Crippen LogP contribution is -2.13. The lowest BCUT2D eigenvalue weighted by atomic mass is 10.0. The molecule has 3 heteroatoms. The molecule has 0 saturated heterocycles. The highest BCUT2D eigenvalue weighted by Crippen LogP contribution is 2.35. The molecule has 0 radical (unpaired) electrons. The summed E-state index contributed by atoms with van der Waals surface area (Å²) in [5, 5.41) is 5.77. The number of para-hydroxylation sites is 2. The van der Waals surface area contributed by atoms with Crippen LogP contribution in [0.3, 0.4) is 0 Å². The average molecular weight is 304 g/mol. The minimum Gasteiger partial charge on any atom is -0.376 e. The van der Waals surface area contributed by atoms with Crippen LogP contribution in [-0.4, -0.2) is 5.71 Å². The summed E-state index contributed by atoms with van der Waals surface area (Å²) in [6.45, 7) is 0. The second-order valence-electron chi connectivity index (χ2n) is 5.36. The molecule has 0 spiro atoms. The Morgan fingerprint density at radius 3 is 2.55 bits per heavy atom. The molecule has 1 N–H and O–H groups in total. The summed E-state index contributed by atoms with van der Waals surface area (Å²) in [5.41, 5.74) is 4.57. The van der Waals surface area contributed by atoms with E-state index in [0.29, 0.717) is 0 Å². The first-order valence-corrected chi connectivity index (χ1v) is 8.30. The zero-order chi connectivity index (χ0) is 14.8. The lowest BCUT2D eigenvalue weighted by molar-refractivity contribution is 0.829. The van der Waals surface area contributed by atoms with Crippen LogP contribution in [0.25, 0.3) is 0 Å². The van der Waals surface area contributed by atoms with E-state index in [0.717, 1.165) is 23.5 Å². The highest BCUT2D eigenvalue weighted by Gasteiger charge is 2.21. The molecule has 0 amide bonds. The number of benzene rings is 2. The average Bonchev–Trinajstić information content (AvgIpc) is 3.03. The van der Waals surface area contributed by atoms with E-state index in [9.17, 15) is 0 Å². The van der Waals surface area contributed by atoms with E-state index in [1.807, 2.05) is 6.07 Å². The molecule has 1 aliphatic rings. The van der Waals surface area contributed by atoms with Gasteiger partial charge in [-0.05, 0) is 29.1 Å². The van der Waals surface area contributed by atoms with Gasteiger partial charge in [0.25, 0.3) is 0 Å². The fourth-order valence-corrected chi connectivity index (χ4v) is 3.53. The molecule has 2 nitrogen and oxygen atoms in total. The third kappa shape index (κ3) is 2.55. The van der Waals surface area contributed by atoms with Crippen molar-refractivity contribution in [2.24, 2.45) is 4.99 Å². The minimum absolute atomic E-state index is 0.241. The molecule has 2 aromatic carbocycles. The summed E-state index contributed by atoms with van der Waals surface area (Å²) in [7, 11) is 0. The molecule has 2 heterocycles. The molecular formula is C19H16N2S. The molecule has 0 aliphatic carbocycles. The maximum atomic E-state index is 4.92. The number of hydrogen-bond donors (Lipinski definition) is 1. The fraction of sp³-hybridized carbons (Fsp3) is 0.105. The molecule has 0 saturated carbocycles. The van der Waals surface area contributed by atoms with Crippen molar-refractivity contribution in [2.45, 2.75) is 12.5 Å². The van der Waals surface area contributed by atoms with E-state index in [4.69, 9.17) is 4.99 Å². The molecular weight excluding hydrogens is 288 g/mol. The van der Waals surface area contributed by atoms with Crippen LogP contribution in [0.4, 0.5) is 11.4 Å². The molecule has 22 heavy (non-hydrogen) atoms.